The molecule has 3 rings (SSSR count). The molecule has 126 valence electrons. The fraction of sp³-hybridized carbons (Fsp3) is 0.158. The van der Waals surface area contributed by atoms with Crippen molar-refractivity contribution >= 4 is 28.9 Å². The average Bonchev–Trinajstić information content (AvgIpc) is 3.01. The van der Waals surface area contributed by atoms with Crippen LogP contribution in [0.3, 0.4) is 0 Å². The molecule has 0 bridgehead atoms. The number of aromatic nitrogens is 3. The smallest absolute Gasteiger partial charge is 0.241 e. The van der Waals surface area contributed by atoms with E-state index in [1.165, 1.54) is 6.08 Å². The number of carbonyl (C=O) groups is 2. The van der Waals surface area contributed by atoms with Crippen molar-refractivity contribution in [1.29, 1.82) is 0 Å². The van der Waals surface area contributed by atoms with E-state index >= 15 is 0 Å². The van der Waals surface area contributed by atoms with Gasteiger partial charge in [-0.3, -0.25) is 9.59 Å². The number of nitrogens with zero attached hydrogens (tertiary/aromatic N) is 2. The zero-order chi connectivity index (χ0) is 18.0. The van der Waals surface area contributed by atoms with Crippen molar-refractivity contribution in [2.75, 3.05) is 0 Å². The van der Waals surface area contributed by atoms with Gasteiger partial charge >= 0.3 is 0 Å². The van der Waals surface area contributed by atoms with Crippen molar-refractivity contribution in [2.45, 2.75) is 20.3 Å². The molecule has 6 heteroatoms. The first kappa shape index (κ1) is 16.6. The van der Waals surface area contributed by atoms with Crippen LogP contribution in [-0.4, -0.2) is 26.6 Å². The lowest BCUT2D eigenvalue weighted by molar-refractivity contribution is -0.113. The summed E-state index contributed by atoms with van der Waals surface area (Å²) in [7, 11) is 0. The third-order valence-corrected chi connectivity index (χ3v) is 3.98. The highest BCUT2D eigenvalue weighted by Crippen LogP contribution is 2.25. The minimum absolute atomic E-state index is 0.112. The molecule has 0 saturated heterocycles. The Morgan fingerprint density at radius 1 is 1.32 bits per heavy atom. The van der Waals surface area contributed by atoms with Crippen molar-refractivity contribution < 1.29 is 9.59 Å². The Kier molecular flexibility index (Phi) is 4.43. The molecule has 0 aliphatic carbocycles. The highest BCUT2D eigenvalue weighted by molar-refractivity contribution is 5.97. The topological polar surface area (TPSA) is 102 Å². The van der Waals surface area contributed by atoms with Crippen molar-refractivity contribution in [1.82, 2.24) is 15.0 Å². The van der Waals surface area contributed by atoms with E-state index in [2.05, 4.69) is 15.0 Å². The zero-order valence-corrected chi connectivity index (χ0v) is 14.0. The second kappa shape index (κ2) is 6.68. The highest BCUT2D eigenvalue weighted by Gasteiger charge is 2.11. The van der Waals surface area contributed by atoms with Gasteiger partial charge in [0.15, 0.2) is 11.4 Å². The summed E-state index contributed by atoms with van der Waals surface area (Å²) < 4.78 is 0. The number of aryl methyl sites for hydroxylation is 1. The van der Waals surface area contributed by atoms with Gasteiger partial charge in [0.1, 0.15) is 5.52 Å². The first-order valence-corrected chi connectivity index (χ1v) is 7.95. The number of H-pyrrole nitrogens is 1. The van der Waals surface area contributed by atoms with Crippen molar-refractivity contribution in [2.24, 2.45) is 5.73 Å². The molecule has 1 amide bonds. The van der Waals surface area contributed by atoms with Gasteiger partial charge in [-0.2, -0.15) is 0 Å². The third-order valence-electron chi connectivity index (χ3n) is 3.98. The molecular weight excluding hydrogens is 316 g/mol. The molecule has 3 aromatic rings. The molecule has 1 aromatic carbocycles. The average molecular weight is 334 g/mol. The van der Waals surface area contributed by atoms with Gasteiger partial charge in [-0.25, -0.2) is 9.97 Å². The van der Waals surface area contributed by atoms with Gasteiger partial charge < -0.3 is 10.7 Å². The van der Waals surface area contributed by atoms with Gasteiger partial charge in [0.05, 0.1) is 11.9 Å². The molecule has 6 nitrogen and oxygen atoms in total. The number of rotatable bonds is 5. The molecule has 3 N–H and O–H groups in total. The number of nitrogens with one attached hydrogen (secondary N) is 1. The van der Waals surface area contributed by atoms with Crippen LogP contribution in [0, 0.1) is 6.92 Å². The van der Waals surface area contributed by atoms with E-state index in [4.69, 9.17) is 5.73 Å². The maximum absolute atomic E-state index is 11.8. The monoisotopic (exact) mass is 334 g/mol. The minimum atomic E-state index is -0.523. The molecule has 2 aromatic heterocycles. The number of hydrogen-bond donors (Lipinski definition) is 2. The second-order valence-corrected chi connectivity index (χ2v) is 5.74. The number of amides is 1. The van der Waals surface area contributed by atoms with Gasteiger partial charge in [0.25, 0.3) is 0 Å². The highest BCUT2D eigenvalue weighted by atomic mass is 16.1. The van der Waals surface area contributed by atoms with Crippen LogP contribution >= 0.6 is 0 Å². The van der Waals surface area contributed by atoms with Gasteiger partial charge in [-0.05, 0) is 24.6 Å². The molecule has 25 heavy (non-hydrogen) atoms. The van der Waals surface area contributed by atoms with Crippen LogP contribution in [0.25, 0.3) is 28.5 Å². The Morgan fingerprint density at radius 3 is 2.80 bits per heavy atom. The van der Waals surface area contributed by atoms with E-state index in [1.54, 1.807) is 18.5 Å². The fourth-order valence-electron chi connectivity index (χ4n) is 2.67. The summed E-state index contributed by atoms with van der Waals surface area (Å²) in [6.45, 7) is 3.79. The molecule has 0 aliphatic rings. The largest absolute Gasteiger partial charge is 0.366 e. The second-order valence-electron chi connectivity index (χ2n) is 5.74. The summed E-state index contributed by atoms with van der Waals surface area (Å²) in [6, 6.07) is 5.57. The molecule has 0 fully saturated rings. The molecule has 0 unspecified atom stereocenters. The van der Waals surface area contributed by atoms with E-state index in [9.17, 15) is 9.59 Å². The number of carbonyl (C=O) groups excluding carboxylic acids is 2. The third kappa shape index (κ3) is 3.33. The van der Waals surface area contributed by atoms with Crippen molar-refractivity contribution in [3.63, 3.8) is 0 Å². The number of hydrogen-bond acceptors (Lipinski definition) is 4. The number of nitrogens with two attached hydrogens (primary N) is 1. The Morgan fingerprint density at radius 2 is 2.12 bits per heavy atom. The Labute approximate surface area is 144 Å². The summed E-state index contributed by atoms with van der Waals surface area (Å²) in [5.74, 6) is -0.411. The first-order chi connectivity index (χ1) is 12.0. The van der Waals surface area contributed by atoms with Crippen LogP contribution in [-0.2, 0) is 4.79 Å². The van der Waals surface area contributed by atoms with Gasteiger partial charge in [0, 0.05) is 35.4 Å². The normalized spacial score (nSPS) is 11.3. The van der Waals surface area contributed by atoms with E-state index < -0.39 is 5.91 Å². The molecule has 0 spiro atoms. The molecule has 2 heterocycles. The lowest BCUT2D eigenvalue weighted by Gasteiger charge is -2.07. The predicted molar refractivity (Wildman–Crippen MR) is 96.9 cm³/mol. The SMILES string of the molecule is CCC(=O)c1ccc(-c2cnc3[nH]cc(C=CC(N)=O)c3n2)c(C)c1. The van der Waals surface area contributed by atoms with Crippen LogP contribution in [0.15, 0.2) is 36.7 Å². The number of benzene rings is 1. The lowest BCUT2D eigenvalue weighted by atomic mass is 10.00. The maximum atomic E-state index is 11.8. The quantitative estimate of drug-likeness (QED) is 0.553. The standard InChI is InChI=1S/C19H18N4O2/c1-3-16(24)12-4-6-14(11(2)8-12)15-10-22-19-18(23-15)13(9-21-19)5-7-17(20)25/h4-10H,3H2,1-2H3,(H2,20,25)(H,21,22). The van der Waals surface area contributed by atoms with Crippen molar-refractivity contribution in [3.8, 4) is 11.3 Å². The summed E-state index contributed by atoms with van der Waals surface area (Å²) >= 11 is 0. The number of aromatic amines is 1. The van der Waals surface area contributed by atoms with Crippen LogP contribution in [0.2, 0.25) is 0 Å². The molecular formula is C19H18N4O2. The number of Topliss-reactive ketones (excluding diaryl/α,β-unsaturated/α-hetero) is 1. The van der Waals surface area contributed by atoms with Gasteiger partial charge in [-0.15, -0.1) is 0 Å². The summed E-state index contributed by atoms with van der Waals surface area (Å²) in [5, 5.41) is 0. The molecule has 0 saturated carbocycles. The lowest BCUT2D eigenvalue weighted by Crippen LogP contribution is -2.05. The Balaban J connectivity index is 2.06. The summed E-state index contributed by atoms with van der Waals surface area (Å²) in [6.07, 6.45) is 6.78. The molecule has 0 aliphatic heterocycles. The Bertz CT molecular complexity index is 1000. The number of fused-ring (bicyclic) bond motifs is 1. The van der Waals surface area contributed by atoms with Crippen LogP contribution < -0.4 is 5.73 Å². The van der Waals surface area contributed by atoms with Crippen LogP contribution in [0.4, 0.5) is 0 Å². The van der Waals surface area contributed by atoms with E-state index in [1.807, 2.05) is 32.0 Å². The van der Waals surface area contributed by atoms with E-state index in [0.29, 0.717) is 28.8 Å². The number of ketones is 1. The van der Waals surface area contributed by atoms with Gasteiger partial charge in [0.2, 0.25) is 5.91 Å². The van der Waals surface area contributed by atoms with Crippen LogP contribution in [0.5, 0.6) is 0 Å². The predicted octanol–water partition coefficient (Wildman–Crippen LogP) is 3.02. The summed E-state index contributed by atoms with van der Waals surface area (Å²) in [4.78, 5) is 34.8. The summed E-state index contributed by atoms with van der Waals surface area (Å²) in [5.41, 5.74) is 10.4. The number of primary amides is 1. The maximum Gasteiger partial charge on any atom is 0.241 e. The minimum Gasteiger partial charge on any atom is -0.366 e. The van der Waals surface area contributed by atoms with Gasteiger partial charge in [-0.1, -0.05) is 19.1 Å². The zero-order valence-electron chi connectivity index (χ0n) is 14.0. The Hall–Kier alpha value is -3.28. The van der Waals surface area contributed by atoms with Crippen LogP contribution in [0.1, 0.15) is 34.8 Å². The fourth-order valence-corrected chi connectivity index (χ4v) is 2.67. The van der Waals surface area contributed by atoms with E-state index in [-0.39, 0.29) is 5.78 Å². The van der Waals surface area contributed by atoms with Crippen molar-refractivity contribution in [3.05, 3.63) is 53.4 Å². The molecule has 0 radical (unpaired) electrons. The first-order valence-electron chi connectivity index (χ1n) is 7.95. The van der Waals surface area contributed by atoms with E-state index in [0.717, 1.165) is 16.7 Å². The molecule has 0 atom stereocenters.